The Labute approximate surface area is 317 Å². The number of carbonyl (C=O) groups is 4. The van der Waals surface area contributed by atoms with Crippen LogP contribution in [-0.2, 0) is 24.4 Å². The number of carbonyl (C=O) groups excluding carboxylic acids is 4. The number of urea groups is 1. The van der Waals surface area contributed by atoms with Crippen LogP contribution < -0.4 is 30.1 Å². The van der Waals surface area contributed by atoms with Gasteiger partial charge in [-0.15, -0.1) is 0 Å². The smallest absolute Gasteiger partial charge is 0.315 e. The Bertz CT molecular complexity index is 1910. The summed E-state index contributed by atoms with van der Waals surface area (Å²) in [6, 6.07) is 4.76. The fourth-order valence-corrected chi connectivity index (χ4v) is 9.18. The van der Waals surface area contributed by atoms with E-state index < -0.39 is 74.2 Å². The van der Waals surface area contributed by atoms with E-state index in [0.29, 0.717) is 49.1 Å². The van der Waals surface area contributed by atoms with Crippen LogP contribution in [0.15, 0.2) is 42.6 Å². The van der Waals surface area contributed by atoms with Gasteiger partial charge in [-0.25, -0.2) is 18.2 Å². The number of rotatable bonds is 8. The summed E-state index contributed by atoms with van der Waals surface area (Å²) in [5.41, 5.74) is -2.07. The van der Waals surface area contributed by atoms with Crippen molar-refractivity contribution in [2.24, 2.45) is 17.8 Å². The zero-order chi connectivity index (χ0) is 39.0. The number of nitrogens with one attached hydrogen (secondary N) is 4. The Morgan fingerprint density at radius 1 is 1.09 bits per heavy atom. The molecule has 3 heterocycles. The largest absolute Gasteiger partial charge is 0.496 e. The zero-order valence-corrected chi connectivity index (χ0v) is 32.8. The van der Waals surface area contributed by atoms with Crippen LogP contribution in [0.5, 0.6) is 11.6 Å². The number of benzene rings is 1. The van der Waals surface area contributed by atoms with Crippen molar-refractivity contribution in [3.63, 3.8) is 0 Å². The highest BCUT2D eigenvalue weighted by molar-refractivity contribution is 7.91. The van der Waals surface area contributed by atoms with Gasteiger partial charge >= 0.3 is 6.03 Å². The SMILES string of the molecule is CC[C@@H]1C[C@@H](C)CC/C=C\[C@@H]2C[C@@]2(C(=O)NS(=O)(=O)C2CC2)NC(=O)[C@@H]2C[C@@H](Oc3nccc4c(OC)cccc34)CN2C(=O)[C@H]1NC(=O)NC(C)(C)C. The fraction of sp³-hybridized carbons (Fsp3) is 0.615. The zero-order valence-electron chi connectivity index (χ0n) is 32.0. The number of allylic oxidation sites excluding steroid dienone is 1. The van der Waals surface area contributed by atoms with E-state index in [2.05, 4.69) is 32.6 Å². The van der Waals surface area contributed by atoms with E-state index in [1.54, 1.807) is 13.3 Å². The van der Waals surface area contributed by atoms with Gasteiger partial charge in [-0.1, -0.05) is 38.5 Å². The lowest BCUT2D eigenvalue weighted by Gasteiger charge is -2.34. The molecule has 2 aliphatic carbocycles. The molecule has 0 bridgehead atoms. The van der Waals surface area contributed by atoms with Crippen molar-refractivity contribution in [2.45, 2.75) is 121 Å². The molecule has 0 spiro atoms. The number of hydrogen-bond donors (Lipinski definition) is 4. The van der Waals surface area contributed by atoms with Gasteiger partial charge < -0.3 is 30.3 Å². The minimum absolute atomic E-state index is 0.00258. The molecule has 4 aliphatic rings. The molecule has 7 atom stereocenters. The lowest BCUT2D eigenvalue weighted by atomic mass is 9.85. The predicted octanol–water partition coefficient (Wildman–Crippen LogP) is 3.94. The number of aromatic nitrogens is 1. The number of methoxy groups -OCH3 is 1. The summed E-state index contributed by atoms with van der Waals surface area (Å²) in [5, 5.41) is 9.63. The number of ether oxygens (including phenoxy) is 2. The lowest BCUT2D eigenvalue weighted by molar-refractivity contribution is -0.142. The fourth-order valence-electron chi connectivity index (χ4n) is 7.82. The van der Waals surface area contributed by atoms with Crippen molar-refractivity contribution in [3.8, 4) is 11.6 Å². The van der Waals surface area contributed by atoms with Gasteiger partial charge in [-0.05, 0) is 89.3 Å². The third-order valence-corrected chi connectivity index (χ3v) is 12.8. The summed E-state index contributed by atoms with van der Waals surface area (Å²) in [6.07, 6.45) is 8.75. The number of nitrogens with zero attached hydrogens (tertiary/aromatic N) is 2. The van der Waals surface area contributed by atoms with Gasteiger partial charge in [-0.3, -0.25) is 19.1 Å². The number of pyridine rings is 1. The normalized spacial score (nSPS) is 29.8. The van der Waals surface area contributed by atoms with Crippen LogP contribution in [0.25, 0.3) is 10.8 Å². The van der Waals surface area contributed by atoms with Gasteiger partial charge in [-0.2, -0.15) is 0 Å². The van der Waals surface area contributed by atoms with Gasteiger partial charge in [0.1, 0.15) is 29.5 Å². The first-order valence-electron chi connectivity index (χ1n) is 19.1. The van der Waals surface area contributed by atoms with Crippen molar-refractivity contribution in [1.82, 2.24) is 30.6 Å². The molecule has 3 fully saturated rings. The Kier molecular flexibility index (Phi) is 11.2. The Morgan fingerprint density at radius 2 is 1.85 bits per heavy atom. The molecule has 2 saturated carbocycles. The predicted molar refractivity (Wildman–Crippen MR) is 203 cm³/mol. The second-order valence-corrected chi connectivity index (χ2v) is 18.4. The maximum absolute atomic E-state index is 14.9. The van der Waals surface area contributed by atoms with E-state index in [0.717, 1.165) is 11.8 Å². The van der Waals surface area contributed by atoms with Gasteiger partial charge in [0.2, 0.25) is 27.7 Å². The molecule has 1 saturated heterocycles. The molecular formula is C39H54N6O8S. The summed E-state index contributed by atoms with van der Waals surface area (Å²) in [6.45, 7) is 9.66. The quantitative estimate of drug-likeness (QED) is 0.289. The van der Waals surface area contributed by atoms with Crippen molar-refractivity contribution in [1.29, 1.82) is 0 Å². The molecule has 54 heavy (non-hydrogen) atoms. The number of hydrogen-bond acceptors (Lipinski definition) is 9. The molecule has 4 N–H and O–H groups in total. The molecule has 15 heteroatoms. The van der Waals surface area contributed by atoms with E-state index in [1.165, 1.54) is 4.90 Å². The lowest BCUT2D eigenvalue weighted by Crippen LogP contribution is -2.60. The van der Waals surface area contributed by atoms with Crippen molar-refractivity contribution in [3.05, 3.63) is 42.6 Å². The number of sulfonamides is 1. The van der Waals surface area contributed by atoms with E-state index in [9.17, 15) is 27.6 Å². The molecular weight excluding hydrogens is 713 g/mol. The van der Waals surface area contributed by atoms with Gasteiger partial charge in [0.15, 0.2) is 0 Å². The number of amides is 5. The minimum atomic E-state index is -3.89. The second kappa shape index (κ2) is 15.4. The Morgan fingerprint density at radius 3 is 2.54 bits per heavy atom. The Hall–Kier alpha value is -4.40. The average molecular weight is 767 g/mol. The maximum Gasteiger partial charge on any atom is 0.315 e. The second-order valence-electron chi connectivity index (χ2n) is 16.4. The van der Waals surface area contributed by atoms with Crippen LogP contribution in [0.3, 0.4) is 0 Å². The minimum Gasteiger partial charge on any atom is -0.496 e. The van der Waals surface area contributed by atoms with Crippen LogP contribution >= 0.6 is 0 Å². The van der Waals surface area contributed by atoms with E-state index >= 15 is 0 Å². The highest BCUT2D eigenvalue weighted by Crippen LogP contribution is 2.46. The first kappa shape index (κ1) is 39.3. The molecule has 2 aromatic rings. The Balaban J connectivity index is 1.36. The molecule has 14 nitrogen and oxygen atoms in total. The monoisotopic (exact) mass is 766 g/mol. The van der Waals surface area contributed by atoms with E-state index in [4.69, 9.17) is 9.47 Å². The van der Waals surface area contributed by atoms with Crippen LogP contribution in [0.2, 0.25) is 0 Å². The summed E-state index contributed by atoms with van der Waals surface area (Å²) in [7, 11) is -2.32. The molecule has 6 rings (SSSR count). The number of fused-ring (bicyclic) bond motifs is 3. The standard InChI is InChI=1S/C39H54N6O8S/c1-7-24-19-23(2)11-8-9-12-25-21-39(25,36(48)44-54(50,51)27-15-16-27)42-33(46)30-20-26(22-45(30)35(47)32(24)41-37(49)43-38(3,4)5)53-34-29-13-10-14-31(52-6)28(29)17-18-40-34/h9-10,12-14,17-18,23-27,30,32H,7-8,11,15-16,19-22H2,1-6H3,(H,42,46)(H,44,48)(H2,41,43,49)/b12-9-/t23-,24+,25+,26+,30-,32-,39+/m0/s1. The van der Waals surface area contributed by atoms with Crippen LogP contribution in [0, 0.1) is 17.8 Å². The first-order chi connectivity index (χ1) is 25.5. The average Bonchev–Trinajstić information content (AvgIpc) is 4.04. The third-order valence-electron chi connectivity index (χ3n) is 11.0. The van der Waals surface area contributed by atoms with Gasteiger partial charge in [0.05, 0.1) is 18.9 Å². The summed E-state index contributed by atoms with van der Waals surface area (Å²) in [5.74, 6) is -1.38. The van der Waals surface area contributed by atoms with Crippen LogP contribution in [0.1, 0.15) is 86.0 Å². The maximum atomic E-state index is 14.9. The third kappa shape index (κ3) is 8.61. The highest BCUT2D eigenvalue weighted by Gasteiger charge is 2.62. The summed E-state index contributed by atoms with van der Waals surface area (Å²) < 4.78 is 40.0. The molecule has 2 aliphatic heterocycles. The van der Waals surface area contributed by atoms with Crippen molar-refractivity contribution >= 4 is 44.5 Å². The topological polar surface area (TPSA) is 185 Å². The molecule has 294 valence electrons. The van der Waals surface area contributed by atoms with Crippen LogP contribution in [-0.4, -0.2) is 90.2 Å². The summed E-state index contributed by atoms with van der Waals surface area (Å²) in [4.78, 5) is 62.5. The highest BCUT2D eigenvalue weighted by atomic mass is 32.2. The van der Waals surface area contributed by atoms with Gasteiger partial charge in [0, 0.05) is 34.8 Å². The first-order valence-corrected chi connectivity index (χ1v) is 20.6. The van der Waals surface area contributed by atoms with Crippen molar-refractivity contribution < 1.29 is 37.1 Å². The summed E-state index contributed by atoms with van der Waals surface area (Å²) >= 11 is 0. The molecule has 1 aromatic heterocycles. The molecule has 0 unspecified atom stereocenters. The van der Waals surface area contributed by atoms with Crippen molar-refractivity contribution in [2.75, 3.05) is 13.7 Å². The molecule has 0 radical (unpaired) electrons. The molecule has 5 amide bonds. The van der Waals surface area contributed by atoms with Gasteiger partial charge in [0.25, 0.3) is 5.91 Å². The molecule has 1 aromatic carbocycles. The van der Waals surface area contributed by atoms with E-state index in [1.807, 2.05) is 64.1 Å². The van der Waals surface area contributed by atoms with E-state index in [-0.39, 0.29) is 31.2 Å². The van der Waals surface area contributed by atoms with Crippen LogP contribution in [0.4, 0.5) is 4.79 Å².